The Morgan fingerprint density at radius 2 is 1.89 bits per heavy atom. The van der Waals surface area contributed by atoms with E-state index in [1.54, 1.807) is 24.8 Å². The summed E-state index contributed by atoms with van der Waals surface area (Å²) in [5.74, 6) is 0.525. The average Bonchev–Trinajstić information content (AvgIpc) is 2.37. The third kappa shape index (κ3) is 3.72. The van der Waals surface area contributed by atoms with Crippen LogP contribution in [-0.2, 0) is 5.75 Å². The van der Waals surface area contributed by atoms with Gasteiger partial charge in [0.15, 0.2) is 0 Å². The van der Waals surface area contributed by atoms with E-state index in [1.165, 1.54) is 6.07 Å². The molecule has 1 atom stereocenters. The fourth-order valence-electron chi connectivity index (χ4n) is 1.83. The monoisotopic (exact) mass is 295 g/mol. The summed E-state index contributed by atoms with van der Waals surface area (Å²) in [6.45, 7) is 1.80. The molecule has 1 unspecified atom stereocenters. The lowest BCUT2D eigenvalue weighted by Crippen LogP contribution is -2.09. The maximum absolute atomic E-state index is 13.8. The number of hydrogen-bond donors (Lipinski definition) is 1. The van der Waals surface area contributed by atoms with Crippen LogP contribution in [0.15, 0.2) is 47.4 Å². The predicted octanol–water partition coefficient (Wildman–Crippen LogP) is 4.79. The lowest BCUT2D eigenvalue weighted by molar-refractivity contribution is 0.585. The standard InChI is InChI=1S/C15H15ClFNS/c1-10(18)15-13(17)3-2-4-14(15)19-9-11-5-7-12(16)8-6-11/h2-8,10H,9,18H2,1H3. The molecule has 0 radical (unpaired) electrons. The highest BCUT2D eigenvalue weighted by Crippen LogP contribution is 2.31. The maximum atomic E-state index is 13.8. The molecule has 2 rings (SSSR count). The van der Waals surface area contributed by atoms with Crippen LogP contribution in [0, 0.1) is 5.82 Å². The van der Waals surface area contributed by atoms with Crippen molar-refractivity contribution in [3.63, 3.8) is 0 Å². The first-order chi connectivity index (χ1) is 9.08. The smallest absolute Gasteiger partial charge is 0.129 e. The van der Waals surface area contributed by atoms with Crippen LogP contribution >= 0.6 is 23.4 Å². The van der Waals surface area contributed by atoms with Crippen molar-refractivity contribution < 1.29 is 4.39 Å². The Labute approximate surface area is 122 Å². The highest BCUT2D eigenvalue weighted by atomic mass is 35.5. The summed E-state index contributed by atoms with van der Waals surface area (Å²) < 4.78 is 13.8. The Morgan fingerprint density at radius 1 is 1.21 bits per heavy atom. The van der Waals surface area contributed by atoms with E-state index in [9.17, 15) is 4.39 Å². The zero-order valence-electron chi connectivity index (χ0n) is 10.6. The fourth-order valence-corrected chi connectivity index (χ4v) is 3.08. The van der Waals surface area contributed by atoms with Crippen molar-refractivity contribution in [2.24, 2.45) is 5.73 Å². The van der Waals surface area contributed by atoms with Crippen LogP contribution < -0.4 is 5.73 Å². The van der Waals surface area contributed by atoms with Gasteiger partial charge in [0, 0.05) is 27.3 Å². The molecule has 0 saturated carbocycles. The molecule has 2 aromatic carbocycles. The van der Waals surface area contributed by atoms with Crippen molar-refractivity contribution in [2.45, 2.75) is 23.6 Å². The zero-order valence-corrected chi connectivity index (χ0v) is 12.1. The highest BCUT2D eigenvalue weighted by Gasteiger charge is 2.12. The summed E-state index contributed by atoms with van der Waals surface area (Å²) in [5.41, 5.74) is 7.57. The molecular weight excluding hydrogens is 281 g/mol. The van der Waals surface area contributed by atoms with E-state index in [0.29, 0.717) is 5.56 Å². The van der Waals surface area contributed by atoms with Gasteiger partial charge in [-0.2, -0.15) is 0 Å². The van der Waals surface area contributed by atoms with Crippen molar-refractivity contribution in [3.8, 4) is 0 Å². The second-order valence-electron chi connectivity index (χ2n) is 4.36. The topological polar surface area (TPSA) is 26.0 Å². The van der Waals surface area contributed by atoms with Crippen LogP contribution in [0.5, 0.6) is 0 Å². The molecule has 0 amide bonds. The van der Waals surface area contributed by atoms with E-state index in [2.05, 4.69) is 0 Å². The first-order valence-corrected chi connectivity index (χ1v) is 7.35. The number of hydrogen-bond acceptors (Lipinski definition) is 2. The second kappa shape index (κ2) is 6.42. The maximum Gasteiger partial charge on any atom is 0.129 e. The van der Waals surface area contributed by atoms with Gasteiger partial charge in [-0.1, -0.05) is 29.8 Å². The minimum absolute atomic E-state index is 0.240. The summed E-state index contributed by atoms with van der Waals surface area (Å²) in [7, 11) is 0. The zero-order chi connectivity index (χ0) is 13.8. The molecular formula is C15H15ClFNS. The Kier molecular flexibility index (Phi) is 4.86. The van der Waals surface area contributed by atoms with Gasteiger partial charge in [-0.15, -0.1) is 11.8 Å². The van der Waals surface area contributed by atoms with Crippen LogP contribution in [0.25, 0.3) is 0 Å². The summed E-state index contributed by atoms with van der Waals surface area (Å²) in [5, 5.41) is 0.718. The largest absolute Gasteiger partial charge is 0.324 e. The number of halogens is 2. The first kappa shape index (κ1) is 14.4. The molecule has 1 nitrogen and oxygen atoms in total. The van der Waals surface area contributed by atoms with E-state index < -0.39 is 0 Å². The molecule has 0 aliphatic rings. The van der Waals surface area contributed by atoms with E-state index in [4.69, 9.17) is 17.3 Å². The number of nitrogens with two attached hydrogens (primary N) is 1. The normalized spacial score (nSPS) is 12.4. The number of rotatable bonds is 4. The highest BCUT2D eigenvalue weighted by molar-refractivity contribution is 7.98. The first-order valence-electron chi connectivity index (χ1n) is 5.99. The Hall–Kier alpha value is -1.03. The molecule has 0 heterocycles. The van der Waals surface area contributed by atoms with Gasteiger partial charge in [0.2, 0.25) is 0 Å². The second-order valence-corrected chi connectivity index (χ2v) is 5.81. The minimum Gasteiger partial charge on any atom is -0.324 e. The van der Waals surface area contributed by atoms with Crippen molar-refractivity contribution in [1.29, 1.82) is 0 Å². The van der Waals surface area contributed by atoms with Crippen LogP contribution in [0.1, 0.15) is 24.1 Å². The van der Waals surface area contributed by atoms with Gasteiger partial charge in [0.25, 0.3) is 0 Å². The molecule has 19 heavy (non-hydrogen) atoms. The molecule has 100 valence electrons. The molecule has 0 saturated heterocycles. The lowest BCUT2D eigenvalue weighted by atomic mass is 10.1. The molecule has 2 aromatic rings. The quantitative estimate of drug-likeness (QED) is 0.821. The van der Waals surface area contributed by atoms with Crippen LogP contribution in [0.2, 0.25) is 5.02 Å². The molecule has 4 heteroatoms. The molecule has 0 aliphatic carbocycles. The van der Waals surface area contributed by atoms with Gasteiger partial charge in [0.1, 0.15) is 5.82 Å². The SMILES string of the molecule is CC(N)c1c(F)cccc1SCc1ccc(Cl)cc1. The Bertz CT molecular complexity index is 555. The van der Waals surface area contributed by atoms with E-state index >= 15 is 0 Å². The predicted molar refractivity (Wildman–Crippen MR) is 80.0 cm³/mol. The van der Waals surface area contributed by atoms with Gasteiger partial charge in [-0.25, -0.2) is 4.39 Å². The summed E-state index contributed by atoms with van der Waals surface area (Å²) in [6, 6.07) is 12.4. The molecule has 0 spiro atoms. The van der Waals surface area contributed by atoms with Gasteiger partial charge >= 0.3 is 0 Å². The van der Waals surface area contributed by atoms with Crippen molar-refractivity contribution >= 4 is 23.4 Å². The third-order valence-corrected chi connectivity index (χ3v) is 4.17. The van der Waals surface area contributed by atoms with Gasteiger partial charge in [-0.3, -0.25) is 0 Å². The van der Waals surface area contributed by atoms with E-state index in [0.717, 1.165) is 21.2 Å². The number of thioether (sulfide) groups is 1. The van der Waals surface area contributed by atoms with Crippen LogP contribution in [0.3, 0.4) is 0 Å². The van der Waals surface area contributed by atoms with Crippen LogP contribution in [0.4, 0.5) is 4.39 Å². The minimum atomic E-state index is -0.311. The van der Waals surface area contributed by atoms with Gasteiger partial charge in [-0.05, 0) is 36.8 Å². The Morgan fingerprint density at radius 3 is 2.53 bits per heavy atom. The lowest BCUT2D eigenvalue weighted by Gasteiger charge is -2.13. The molecule has 0 fully saturated rings. The third-order valence-electron chi connectivity index (χ3n) is 2.78. The Balaban J connectivity index is 2.15. The average molecular weight is 296 g/mol. The number of benzene rings is 2. The van der Waals surface area contributed by atoms with Gasteiger partial charge in [0.05, 0.1) is 0 Å². The summed E-state index contributed by atoms with van der Waals surface area (Å²) in [4.78, 5) is 0.893. The van der Waals surface area contributed by atoms with Crippen LogP contribution in [-0.4, -0.2) is 0 Å². The van der Waals surface area contributed by atoms with E-state index in [-0.39, 0.29) is 11.9 Å². The molecule has 0 aliphatic heterocycles. The summed E-state index contributed by atoms with van der Waals surface area (Å²) in [6.07, 6.45) is 0. The van der Waals surface area contributed by atoms with Crippen molar-refractivity contribution in [1.82, 2.24) is 0 Å². The fraction of sp³-hybridized carbons (Fsp3) is 0.200. The van der Waals surface area contributed by atoms with Crippen molar-refractivity contribution in [2.75, 3.05) is 0 Å². The van der Waals surface area contributed by atoms with Gasteiger partial charge < -0.3 is 5.73 Å². The molecule has 0 aromatic heterocycles. The summed E-state index contributed by atoms with van der Waals surface area (Å²) >= 11 is 7.43. The van der Waals surface area contributed by atoms with Crippen molar-refractivity contribution in [3.05, 3.63) is 64.4 Å². The van der Waals surface area contributed by atoms with E-state index in [1.807, 2.05) is 30.3 Å². The molecule has 0 bridgehead atoms. The molecule has 2 N–H and O–H groups in total.